The van der Waals surface area contributed by atoms with E-state index in [1.165, 1.54) is 19.2 Å². The first-order chi connectivity index (χ1) is 18.6. The van der Waals surface area contributed by atoms with Gasteiger partial charge in [0, 0.05) is 12.7 Å². The van der Waals surface area contributed by atoms with Gasteiger partial charge in [0.2, 0.25) is 5.91 Å². The second-order valence-corrected chi connectivity index (χ2v) is 10.8. The number of aryl methyl sites for hydroxylation is 1. The molecule has 14 heteroatoms. The molecule has 0 radical (unpaired) electrons. The smallest absolute Gasteiger partial charge is 0.376 e. The number of nitrogens with zero attached hydrogens (tertiary/aromatic N) is 2. The first-order valence-corrected chi connectivity index (χ1v) is 13.0. The summed E-state index contributed by atoms with van der Waals surface area (Å²) < 4.78 is 107. The molecule has 0 N–H and O–H groups in total. The Hall–Kier alpha value is -4.07. The summed E-state index contributed by atoms with van der Waals surface area (Å²) in [6.45, 7) is 0. The number of alkyl halides is 6. The van der Waals surface area contributed by atoms with Gasteiger partial charge in [-0.1, -0.05) is 24.3 Å². The van der Waals surface area contributed by atoms with Crippen LogP contribution in [-0.2, 0) is 37.7 Å². The molecule has 1 spiro atoms. The van der Waals surface area contributed by atoms with Crippen molar-refractivity contribution in [2.45, 2.75) is 29.9 Å². The molecular weight excluding hydrogens is 566 g/mol. The van der Waals surface area contributed by atoms with Crippen LogP contribution in [0.15, 0.2) is 66.7 Å². The molecule has 1 aliphatic heterocycles. The summed E-state index contributed by atoms with van der Waals surface area (Å²) in [5.41, 5.74) is -8.42. The summed E-state index contributed by atoms with van der Waals surface area (Å²) in [5, 5.41) is 0. The number of rotatable bonds is 3. The average Bonchev–Trinajstić information content (AvgIpc) is 3.24. The Balaban J connectivity index is 1.69. The molecule has 1 aliphatic carbocycles. The maximum absolute atomic E-state index is 14.4. The van der Waals surface area contributed by atoms with Crippen LogP contribution in [0.2, 0.25) is 0 Å². The third-order valence-electron chi connectivity index (χ3n) is 6.95. The van der Waals surface area contributed by atoms with Crippen LogP contribution in [0, 0.1) is 0 Å². The maximum atomic E-state index is 14.4. The van der Waals surface area contributed by atoms with Crippen LogP contribution >= 0.6 is 0 Å². The van der Waals surface area contributed by atoms with E-state index >= 15 is 0 Å². The Morgan fingerprint density at radius 2 is 1.52 bits per heavy atom. The van der Waals surface area contributed by atoms with Gasteiger partial charge in [0.1, 0.15) is 5.75 Å². The molecule has 210 valence electrons. The topological polar surface area (TPSA) is 84.0 Å². The van der Waals surface area contributed by atoms with Crippen LogP contribution in [0.1, 0.15) is 23.1 Å². The van der Waals surface area contributed by atoms with E-state index in [9.17, 15) is 44.3 Å². The van der Waals surface area contributed by atoms with Crippen LogP contribution in [0.25, 0.3) is 0 Å². The lowest BCUT2D eigenvalue weighted by Gasteiger charge is -2.32. The van der Waals surface area contributed by atoms with Crippen molar-refractivity contribution in [1.29, 1.82) is 0 Å². The molecule has 0 saturated carbocycles. The van der Waals surface area contributed by atoms with E-state index in [-0.39, 0.29) is 41.0 Å². The third-order valence-corrected chi connectivity index (χ3v) is 7.93. The number of halogens is 6. The number of anilines is 3. The molecule has 40 heavy (non-hydrogen) atoms. The summed E-state index contributed by atoms with van der Waals surface area (Å²) >= 11 is 0. The molecule has 3 aromatic carbocycles. The Labute approximate surface area is 223 Å². The minimum Gasteiger partial charge on any atom is -0.376 e. The molecule has 1 unspecified atom stereocenters. The van der Waals surface area contributed by atoms with Crippen molar-refractivity contribution in [3.8, 4) is 5.75 Å². The van der Waals surface area contributed by atoms with E-state index in [0.29, 0.717) is 0 Å². The van der Waals surface area contributed by atoms with E-state index in [2.05, 4.69) is 4.18 Å². The van der Waals surface area contributed by atoms with Crippen molar-refractivity contribution in [3.05, 3.63) is 83.4 Å². The highest BCUT2D eigenvalue weighted by Gasteiger charge is 2.57. The molecule has 7 nitrogen and oxygen atoms in total. The van der Waals surface area contributed by atoms with Gasteiger partial charge in [0.15, 0.2) is 5.41 Å². The summed E-state index contributed by atoms with van der Waals surface area (Å²) in [6, 6.07) is 13.4. The highest BCUT2D eigenvalue weighted by atomic mass is 32.2. The predicted molar refractivity (Wildman–Crippen MR) is 130 cm³/mol. The van der Waals surface area contributed by atoms with E-state index in [1.54, 1.807) is 18.2 Å². The Bertz CT molecular complexity index is 1640. The molecule has 1 atom stereocenters. The van der Waals surface area contributed by atoms with Crippen molar-refractivity contribution >= 4 is 39.0 Å². The van der Waals surface area contributed by atoms with Crippen LogP contribution in [-0.4, -0.2) is 32.8 Å². The Morgan fingerprint density at radius 3 is 2.15 bits per heavy atom. The maximum Gasteiger partial charge on any atom is 0.534 e. The molecule has 2 aliphatic rings. The number of carbonyl (C=O) groups is 2. The van der Waals surface area contributed by atoms with Gasteiger partial charge < -0.3 is 9.08 Å². The number of para-hydroxylation sites is 1. The molecule has 0 bridgehead atoms. The fourth-order valence-corrected chi connectivity index (χ4v) is 5.55. The number of amides is 2. The number of carbonyl (C=O) groups excluding carboxylic acids is 2. The summed E-state index contributed by atoms with van der Waals surface area (Å²) in [7, 11) is -4.67. The van der Waals surface area contributed by atoms with Gasteiger partial charge in [-0.25, -0.2) is 0 Å². The standard InChI is InChI=1S/C26H18F6N2O5S/c1-33-20-10-7-16(25(27,28)29)14-21(20)34(17-5-3-2-4-6-17)23(36)24(22(33)35)12-11-15-13-18(8-9-19(15)24)39-40(37,38)26(30,31)32/h2-10,13-14H,11-12H2,1H3. The monoisotopic (exact) mass is 584 g/mol. The highest BCUT2D eigenvalue weighted by Crippen LogP contribution is 2.50. The first kappa shape index (κ1) is 27.5. The van der Waals surface area contributed by atoms with Gasteiger partial charge in [-0.15, -0.1) is 0 Å². The molecule has 3 aromatic rings. The lowest BCUT2D eigenvalue weighted by atomic mass is 9.79. The van der Waals surface area contributed by atoms with Gasteiger partial charge in [0.25, 0.3) is 5.91 Å². The summed E-state index contributed by atoms with van der Waals surface area (Å²) in [5.74, 6) is -2.32. The zero-order valence-electron chi connectivity index (χ0n) is 20.4. The van der Waals surface area contributed by atoms with Crippen molar-refractivity contribution < 1.29 is 48.5 Å². The fraction of sp³-hybridized carbons (Fsp3) is 0.231. The van der Waals surface area contributed by atoms with Crippen LogP contribution in [0.3, 0.4) is 0 Å². The number of hydrogen-bond acceptors (Lipinski definition) is 5. The lowest BCUT2D eigenvalue weighted by molar-refractivity contribution is -0.138. The Kier molecular flexibility index (Phi) is 6.17. The first-order valence-electron chi connectivity index (χ1n) is 11.6. The van der Waals surface area contributed by atoms with Gasteiger partial charge in [-0.05, 0) is 66.4 Å². The van der Waals surface area contributed by atoms with Gasteiger partial charge in [-0.2, -0.15) is 34.8 Å². The quantitative estimate of drug-likeness (QED) is 0.177. The third kappa shape index (κ3) is 4.17. The van der Waals surface area contributed by atoms with Crippen molar-refractivity contribution in [1.82, 2.24) is 0 Å². The minimum absolute atomic E-state index is 0.0248. The number of hydrogen-bond donors (Lipinski definition) is 0. The van der Waals surface area contributed by atoms with Gasteiger partial charge in [0.05, 0.1) is 16.9 Å². The molecule has 0 saturated heterocycles. The number of fused-ring (bicyclic) bond motifs is 3. The van der Waals surface area contributed by atoms with E-state index in [4.69, 9.17) is 0 Å². The van der Waals surface area contributed by atoms with Crippen LogP contribution in [0.4, 0.5) is 43.4 Å². The van der Waals surface area contributed by atoms with Gasteiger partial charge in [-0.3, -0.25) is 14.5 Å². The summed E-state index contributed by atoms with van der Waals surface area (Å²) in [6.07, 6.45) is -4.96. The largest absolute Gasteiger partial charge is 0.534 e. The van der Waals surface area contributed by atoms with E-state index in [1.807, 2.05) is 0 Å². The van der Waals surface area contributed by atoms with E-state index < -0.39 is 50.3 Å². The van der Waals surface area contributed by atoms with Gasteiger partial charge >= 0.3 is 21.8 Å². The minimum atomic E-state index is -5.98. The number of likely N-dealkylation sites (N-methyl/N-ethyl adjacent to an activating group) is 1. The second-order valence-electron chi connectivity index (χ2n) is 9.25. The SMILES string of the molecule is CN1C(=O)C2(CCc3cc(OS(=O)(=O)C(F)(F)F)ccc32)C(=O)N(c2ccccc2)c2cc(C(F)(F)F)ccc21. The molecule has 1 heterocycles. The molecular formula is C26H18F6N2O5S. The van der Waals surface area contributed by atoms with Crippen molar-refractivity contribution in [2.75, 3.05) is 16.8 Å². The summed E-state index contributed by atoms with van der Waals surface area (Å²) in [4.78, 5) is 30.5. The molecule has 0 fully saturated rings. The van der Waals surface area contributed by atoms with E-state index in [0.717, 1.165) is 46.2 Å². The molecule has 0 aromatic heterocycles. The molecule has 5 rings (SSSR count). The van der Waals surface area contributed by atoms with Crippen LogP contribution in [0.5, 0.6) is 5.75 Å². The number of benzene rings is 3. The zero-order chi connectivity index (χ0) is 29.3. The molecule has 2 amide bonds. The average molecular weight is 584 g/mol. The lowest BCUT2D eigenvalue weighted by Crippen LogP contribution is -2.52. The highest BCUT2D eigenvalue weighted by molar-refractivity contribution is 7.88. The van der Waals surface area contributed by atoms with Crippen molar-refractivity contribution in [3.63, 3.8) is 0 Å². The van der Waals surface area contributed by atoms with Crippen LogP contribution < -0.4 is 14.0 Å². The second kappa shape index (κ2) is 8.98. The predicted octanol–water partition coefficient (Wildman–Crippen LogP) is 5.46. The fourth-order valence-electron chi connectivity index (χ4n) is 5.10. The Morgan fingerprint density at radius 1 is 0.850 bits per heavy atom. The van der Waals surface area contributed by atoms with Crippen molar-refractivity contribution in [2.24, 2.45) is 0 Å². The normalized spacial score (nSPS) is 19.5. The zero-order valence-corrected chi connectivity index (χ0v) is 21.2.